The van der Waals surface area contributed by atoms with Gasteiger partial charge in [0.25, 0.3) is 0 Å². The summed E-state index contributed by atoms with van der Waals surface area (Å²) < 4.78 is 4.97. The van der Waals surface area contributed by atoms with Crippen LogP contribution in [0.5, 0.6) is 0 Å². The van der Waals surface area contributed by atoms with Crippen LogP contribution in [0.25, 0.3) is 10.8 Å². The molecule has 1 aliphatic heterocycles. The zero-order valence-electron chi connectivity index (χ0n) is 15.2. The number of hydrogen-bond acceptors (Lipinski definition) is 4. The first-order valence-electron chi connectivity index (χ1n) is 9.09. The minimum absolute atomic E-state index is 0.134. The molecule has 7 nitrogen and oxygen atoms in total. The van der Waals surface area contributed by atoms with Gasteiger partial charge < -0.3 is 20.3 Å². The third-order valence-corrected chi connectivity index (χ3v) is 4.57. The highest BCUT2D eigenvalue weighted by molar-refractivity contribution is 6.39. The summed E-state index contributed by atoms with van der Waals surface area (Å²) in [5.74, 6) is -1.36. The number of likely N-dealkylation sites (tertiary alicyclic amines) is 1. The fourth-order valence-electron chi connectivity index (χ4n) is 3.13. The van der Waals surface area contributed by atoms with E-state index in [-0.39, 0.29) is 12.1 Å². The smallest absolute Gasteiger partial charge is 0.409 e. The van der Waals surface area contributed by atoms with Crippen LogP contribution >= 0.6 is 0 Å². The molecule has 0 spiro atoms. The van der Waals surface area contributed by atoms with E-state index in [0.29, 0.717) is 38.2 Å². The first-order valence-corrected chi connectivity index (χ1v) is 9.09. The van der Waals surface area contributed by atoms with Crippen molar-refractivity contribution in [2.24, 2.45) is 0 Å². The standard InChI is InChI=1S/C20H23N3O4/c1-2-27-20(26)23-11-9-16(10-12-23)21-18(24)19(25)22-17-8-7-14-5-3-4-6-15(14)13-17/h3-8,13,16H,2,9-12H2,1H3,(H,21,24)(H,22,25). The van der Waals surface area contributed by atoms with Crippen molar-refractivity contribution in [1.29, 1.82) is 0 Å². The van der Waals surface area contributed by atoms with Gasteiger partial charge in [0.05, 0.1) is 6.61 Å². The molecule has 3 amide bonds. The number of carbonyl (C=O) groups is 3. The second kappa shape index (κ2) is 8.53. The van der Waals surface area contributed by atoms with E-state index >= 15 is 0 Å². The summed E-state index contributed by atoms with van der Waals surface area (Å²) in [6.45, 7) is 3.09. The largest absolute Gasteiger partial charge is 0.450 e. The van der Waals surface area contributed by atoms with Gasteiger partial charge in [0.1, 0.15) is 0 Å². The average molecular weight is 369 g/mol. The molecule has 3 rings (SSSR count). The van der Waals surface area contributed by atoms with Gasteiger partial charge in [-0.05, 0) is 42.7 Å². The van der Waals surface area contributed by atoms with Crippen LogP contribution in [0.15, 0.2) is 42.5 Å². The molecule has 27 heavy (non-hydrogen) atoms. The van der Waals surface area contributed by atoms with Crippen LogP contribution in [0.4, 0.5) is 10.5 Å². The molecule has 0 radical (unpaired) electrons. The monoisotopic (exact) mass is 369 g/mol. The molecule has 1 aliphatic rings. The lowest BCUT2D eigenvalue weighted by Gasteiger charge is -2.31. The number of nitrogens with one attached hydrogen (secondary N) is 2. The lowest BCUT2D eigenvalue weighted by molar-refractivity contribution is -0.136. The van der Waals surface area contributed by atoms with Crippen molar-refractivity contribution >= 4 is 34.4 Å². The molecule has 0 aromatic heterocycles. The predicted octanol–water partition coefficient (Wildman–Crippen LogP) is 2.52. The van der Waals surface area contributed by atoms with Crippen molar-refractivity contribution in [3.05, 3.63) is 42.5 Å². The lowest BCUT2D eigenvalue weighted by Crippen LogP contribution is -2.49. The summed E-state index contributed by atoms with van der Waals surface area (Å²) in [7, 11) is 0. The highest BCUT2D eigenvalue weighted by atomic mass is 16.6. The van der Waals surface area contributed by atoms with Crippen molar-refractivity contribution in [2.45, 2.75) is 25.8 Å². The first kappa shape index (κ1) is 18.7. The van der Waals surface area contributed by atoms with E-state index in [2.05, 4.69) is 10.6 Å². The number of anilines is 1. The Morgan fingerprint density at radius 3 is 2.44 bits per heavy atom. The van der Waals surface area contributed by atoms with Crippen molar-refractivity contribution in [2.75, 3.05) is 25.0 Å². The topological polar surface area (TPSA) is 87.7 Å². The number of benzene rings is 2. The molecule has 1 saturated heterocycles. The Balaban J connectivity index is 1.50. The molecule has 2 aromatic carbocycles. The van der Waals surface area contributed by atoms with Gasteiger partial charge in [0.15, 0.2) is 0 Å². The maximum Gasteiger partial charge on any atom is 0.409 e. The number of amides is 3. The van der Waals surface area contributed by atoms with Crippen LogP contribution in [-0.4, -0.2) is 48.5 Å². The Morgan fingerprint density at radius 2 is 1.74 bits per heavy atom. The van der Waals surface area contributed by atoms with Crippen molar-refractivity contribution in [3.8, 4) is 0 Å². The van der Waals surface area contributed by atoms with E-state index in [1.54, 1.807) is 17.9 Å². The van der Waals surface area contributed by atoms with E-state index in [1.807, 2.05) is 36.4 Å². The van der Waals surface area contributed by atoms with Gasteiger partial charge in [-0.1, -0.05) is 30.3 Å². The molecule has 0 aliphatic carbocycles. The third kappa shape index (κ3) is 4.75. The van der Waals surface area contributed by atoms with Crippen LogP contribution < -0.4 is 10.6 Å². The van der Waals surface area contributed by atoms with E-state index in [4.69, 9.17) is 4.74 Å². The fraction of sp³-hybridized carbons (Fsp3) is 0.350. The molecular formula is C20H23N3O4. The molecule has 2 aromatic rings. The summed E-state index contributed by atoms with van der Waals surface area (Å²) in [6.07, 6.45) is 0.845. The Hall–Kier alpha value is -3.09. The van der Waals surface area contributed by atoms with E-state index < -0.39 is 11.8 Å². The molecule has 0 atom stereocenters. The number of piperidine rings is 1. The van der Waals surface area contributed by atoms with E-state index in [0.717, 1.165) is 10.8 Å². The Bertz CT molecular complexity index is 844. The third-order valence-electron chi connectivity index (χ3n) is 4.57. The number of rotatable bonds is 3. The van der Waals surface area contributed by atoms with Gasteiger partial charge in [-0.3, -0.25) is 9.59 Å². The van der Waals surface area contributed by atoms with Crippen molar-refractivity contribution in [3.63, 3.8) is 0 Å². The zero-order valence-corrected chi connectivity index (χ0v) is 15.2. The molecule has 1 fully saturated rings. The Morgan fingerprint density at radius 1 is 1.04 bits per heavy atom. The summed E-state index contributed by atoms with van der Waals surface area (Å²) >= 11 is 0. The molecular weight excluding hydrogens is 346 g/mol. The molecule has 142 valence electrons. The molecule has 1 heterocycles. The quantitative estimate of drug-likeness (QED) is 0.814. The molecule has 7 heteroatoms. The van der Waals surface area contributed by atoms with E-state index in [9.17, 15) is 14.4 Å². The number of hydrogen-bond donors (Lipinski definition) is 2. The minimum atomic E-state index is -0.696. The maximum atomic E-state index is 12.2. The second-order valence-electron chi connectivity index (χ2n) is 6.45. The second-order valence-corrected chi connectivity index (χ2v) is 6.45. The summed E-state index contributed by atoms with van der Waals surface area (Å²) in [5, 5.41) is 7.42. The summed E-state index contributed by atoms with van der Waals surface area (Å²) in [4.78, 5) is 37.6. The summed E-state index contributed by atoms with van der Waals surface area (Å²) in [5.41, 5.74) is 0.575. The van der Waals surface area contributed by atoms with Gasteiger partial charge in [0.2, 0.25) is 0 Å². The lowest BCUT2D eigenvalue weighted by atomic mass is 10.1. The Labute approximate surface area is 157 Å². The van der Waals surface area contributed by atoms with Gasteiger partial charge in [0, 0.05) is 24.8 Å². The predicted molar refractivity (Wildman–Crippen MR) is 102 cm³/mol. The molecule has 2 N–H and O–H groups in total. The van der Waals surface area contributed by atoms with Crippen LogP contribution in [0.2, 0.25) is 0 Å². The van der Waals surface area contributed by atoms with Crippen molar-refractivity contribution < 1.29 is 19.1 Å². The van der Waals surface area contributed by atoms with Crippen LogP contribution in [0.3, 0.4) is 0 Å². The van der Waals surface area contributed by atoms with Crippen molar-refractivity contribution in [1.82, 2.24) is 10.2 Å². The zero-order chi connectivity index (χ0) is 19.2. The van der Waals surface area contributed by atoms with Gasteiger partial charge >= 0.3 is 17.9 Å². The number of fused-ring (bicyclic) bond motifs is 1. The molecule has 0 bridgehead atoms. The van der Waals surface area contributed by atoms with Crippen LogP contribution in [0.1, 0.15) is 19.8 Å². The minimum Gasteiger partial charge on any atom is -0.450 e. The van der Waals surface area contributed by atoms with Gasteiger partial charge in [-0.2, -0.15) is 0 Å². The SMILES string of the molecule is CCOC(=O)N1CCC(NC(=O)C(=O)Nc2ccc3ccccc3c2)CC1. The average Bonchev–Trinajstić information content (AvgIpc) is 2.68. The normalized spacial score (nSPS) is 14.6. The number of ether oxygens (including phenoxy) is 1. The van der Waals surface area contributed by atoms with Gasteiger partial charge in [-0.25, -0.2) is 4.79 Å². The van der Waals surface area contributed by atoms with Crippen LogP contribution in [0, 0.1) is 0 Å². The highest BCUT2D eigenvalue weighted by Crippen LogP contribution is 2.19. The molecule has 0 saturated carbocycles. The first-order chi connectivity index (χ1) is 13.1. The Kier molecular flexibility index (Phi) is 5.90. The highest BCUT2D eigenvalue weighted by Gasteiger charge is 2.26. The number of nitrogens with zero attached hydrogens (tertiary/aromatic N) is 1. The van der Waals surface area contributed by atoms with Gasteiger partial charge in [-0.15, -0.1) is 0 Å². The number of carbonyl (C=O) groups excluding carboxylic acids is 3. The van der Waals surface area contributed by atoms with Crippen LogP contribution in [-0.2, 0) is 14.3 Å². The maximum absolute atomic E-state index is 12.2. The fourth-order valence-corrected chi connectivity index (χ4v) is 3.13. The van der Waals surface area contributed by atoms with E-state index in [1.165, 1.54) is 0 Å². The summed E-state index contributed by atoms with van der Waals surface area (Å²) in [6, 6.07) is 13.2. The molecule has 0 unspecified atom stereocenters.